The first-order valence-electron chi connectivity index (χ1n) is 7.63. The average molecular weight is 298 g/mol. The molecule has 0 amide bonds. The van der Waals surface area contributed by atoms with Crippen LogP contribution in [0.25, 0.3) is 0 Å². The second-order valence-electron chi connectivity index (χ2n) is 5.17. The number of rotatable bonds is 9. The highest BCUT2D eigenvalue weighted by molar-refractivity contribution is 7.11. The molecule has 1 aromatic rings. The zero-order valence-electron chi connectivity index (χ0n) is 12.6. The summed E-state index contributed by atoms with van der Waals surface area (Å²) in [7, 11) is 1.70. The molecule has 1 atom stereocenters. The molecule has 114 valence electrons. The Morgan fingerprint density at radius 2 is 2.25 bits per heavy atom. The molecule has 1 aromatic heterocycles. The summed E-state index contributed by atoms with van der Waals surface area (Å²) < 4.78 is 10.5. The van der Waals surface area contributed by atoms with Crippen LogP contribution in [-0.2, 0) is 22.3 Å². The van der Waals surface area contributed by atoms with Gasteiger partial charge in [-0.25, -0.2) is 4.98 Å². The molecule has 5 heteroatoms. The molecule has 0 aliphatic heterocycles. The van der Waals surface area contributed by atoms with Gasteiger partial charge < -0.3 is 14.8 Å². The van der Waals surface area contributed by atoms with Crippen LogP contribution in [0.1, 0.15) is 47.8 Å². The van der Waals surface area contributed by atoms with Gasteiger partial charge in [-0.2, -0.15) is 0 Å². The van der Waals surface area contributed by atoms with Crippen molar-refractivity contribution in [1.82, 2.24) is 10.3 Å². The van der Waals surface area contributed by atoms with Crippen molar-refractivity contribution in [1.29, 1.82) is 0 Å². The standard InChI is InChI=1S/C15H26N2O2S/c1-3-8-16-12-5-4-6-13-15(12)20-14(17-13)7-9-19-11-10-18-2/h12,16H,3-11H2,1-2H3. The van der Waals surface area contributed by atoms with Gasteiger partial charge in [0.05, 0.1) is 30.5 Å². The van der Waals surface area contributed by atoms with E-state index in [9.17, 15) is 0 Å². The van der Waals surface area contributed by atoms with Crippen LogP contribution in [0.3, 0.4) is 0 Å². The van der Waals surface area contributed by atoms with Gasteiger partial charge in [0.15, 0.2) is 0 Å². The topological polar surface area (TPSA) is 43.4 Å². The molecule has 1 N–H and O–H groups in total. The molecule has 4 nitrogen and oxygen atoms in total. The Morgan fingerprint density at radius 1 is 1.35 bits per heavy atom. The van der Waals surface area contributed by atoms with Gasteiger partial charge in [-0.1, -0.05) is 6.92 Å². The second-order valence-corrected chi connectivity index (χ2v) is 6.29. The molecule has 0 radical (unpaired) electrons. The van der Waals surface area contributed by atoms with Gasteiger partial charge in [-0.05, 0) is 32.2 Å². The lowest BCUT2D eigenvalue weighted by molar-refractivity contribution is 0.0722. The summed E-state index contributed by atoms with van der Waals surface area (Å²) in [6.07, 6.45) is 5.74. The van der Waals surface area contributed by atoms with Crippen molar-refractivity contribution in [2.24, 2.45) is 0 Å². The minimum absolute atomic E-state index is 0.527. The Hall–Kier alpha value is -0.490. The molecule has 0 fully saturated rings. The number of methoxy groups -OCH3 is 1. The summed E-state index contributed by atoms with van der Waals surface area (Å²) in [6, 6.07) is 0.527. The van der Waals surface area contributed by atoms with E-state index < -0.39 is 0 Å². The molecule has 0 aromatic carbocycles. The Kier molecular flexibility index (Phi) is 6.93. The molecule has 0 saturated carbocycles. The fourth-order valence-electron chi connectivity index (χ4n) is 2.49. The Balaban J connectivity index is 1.85. The molecular weight excluding hydrogens is 272 g/mol. The van der Waals surface area contributed by atoms with Crippen LogP contribution < -0.4 is 5.32 Å². The van der Waals surface area contributed by atoms with Crippen molar-refractivity contribution in [3.63, 3.8) is 0 Å². The van der Waals surface area contributed by atoms with E-state index in [4.69, 9.17) is 14.5 Å². The lowest BCUT2D eigenvalue weighted by Crippen LogP contribution is -2.24. The number of thiazole rings is 1. The Labute approximate surface area is 125 Å². The maximum absolute atomic E-state index is 5.53. The lowest BCUT2D eigenvalue weighted by atomic mass is 9.98. The van der Waals surface area contributed by atoms with Crippen molar-refractivity contribution < 1.29 is 9.47 Å². The van der Waals surface area contributed by atoms with Gasteiger partial charge in [-0.15, -0.1) is 11.3 Å². The number of aromatic nitrogens is 1. The van der Waals surface area contributed by atoms with Gasteiger partial charge in [0.2, 0.25) is 0 Å². The largest absolute Gasteiger partial charge is 0.382 e. The fourth-order valence-corrected chi connectivity index (χ4v) is 3.70. The Bertz CT molecular complexity index is 395. The van der Waals surface area contributed by atoms with E-state index in [1.165, 1.54) is 34.8 Å². The third kappa shape index (κ3) is 4.52. The summed E-state index contributed by atoms with van der Waals surface area (Å²) in [4.78, 5) is 6.26. The maximum atomic E-state index is 5.53. The number of hydrogen-bond donors (Lipinski definition) is 1. The number of ether oxygens (including phenoxy) is 2. The first-order chi connectivity index (χ1) is 9.85. The third-order valence-corrected chi connectivity index (χ3v) is 4.80. The highest BCUT2D eigenvalue weighted by Crippen LogP contribution is 2.34. The predicted octanol–water partition coefficient (Wildman–Crippen LogP) is 2.73. The number of aryl methyl sites for hydroxylation is 1. The first kappa shape index (κ1) is 15.9. The molecule has 1 unspecified atom stereocenters. The van der Waals surface area contributed by atoms with E-state index in [2.05, 4.69) is 12.2 Å². The van der Waals surface area contributed by atoms with Crippen LogP contribution in [0.5, 0.6) is 0 Å². The van der Waals surface area contributed by atoms with Gasteiger partial charge in [0.1, 0.15) is 0 Å². The van der Waals surface area contributed by atoms with Gasteiger partial charge >= 0.3 is 0 Å². The number of nitrogens with one attached hydrogen (secondary N) is 1. The minimum atomic E-state index is 0.527. The number of nitrogens with zero attached hydrogens (tertiary/aromatic N) is 1. The summed E-state index contributed by atoms with van der Waals surface area (Å²) in [5, 5.41) is 4.87. The SMILES string of the molecule is CCCNC1CCCc2nc(CCOCCOC)sc21. The molecule has 20 heavy (non-hydrogen) atoms. The summed E-state index contributed by atoms with van der Waals surface area (Å²) in [5.41, 5.74) is 1.32. The molecule has 1 aliphatic carbocycles. The van der Waals surface area contributed by atoms with Crippen molar-refractivity contribution in [2.45, 2.75) is 45.1 Å². The van der Waals surface area contributed by atoms with Gasteiger partial charge in [0, 0.05) is 24.4 Å². The van der Waals surface area contributed by atoms with Crippen LogP contribution in [0.15, 0.2) is 0 Å². The molecule has 1 aliphatic rings. The monoisotopic (exact) mass is 298 g/mol. The van der Waals surface area contributed by atoms with Crippen molar-refractivity contribution in [3.8, 4) is 0 Å². The lowest BCUT2D eigenvalue weighted by Gasteiger charge is -2.22. The molecule has 2 rings (SSSR count). The second kappa shape index (κ2) is 8.72. The molecule has 0 spiro atoms. The third-order valence-electron chi connectivity index (χ3n) is 3.53. The predicted molar refractivity (Wildman–Crippen MR) is 82.5 cm³/mol. The van der Waals surface area contributed by atoms with Crippen LogP contribution in [-0.4, -0.2) is 38.5 Å². The van der Waals surface area contributed by atoms with E-state index in [1.807, 2.05) is 11.3 Å². The molecule has 1 heterocycles. The highest BCUT2D eigenvalue weighted by Gasteiger charge is 2.23. The maximum Gasteiger partial charge on any atom is 0.0954 e. The van der Waals surface area contributed by atoms with Crippen LogP contribution >= 0.6 is 11.3 Å². The normalized spacial score (nSPS) is 18.2. The van der Waals surface area contributed by atoms with Crippen molar-refractivity contribution in [2.75, 3.05) is 33.5 Å². The van der Waals surface area contributed by atoms with Gasteiger partial charge in [-0.3, -0.25) is 0 Å². The number of fused-ring (bicyclic) bond motifs is 1. The molecule has 0 bridgehead atoms. The van der Waals surface area contributed by atoms with E-state index in [0.717, 1.165) is 26.0 Å². The van der Waals surface area contributed by atoms with E-state index >= 15 is 0 Å². The quantitative estimate of drug-likeness (QED) is 0.712. The minimum Gasteiger partial charge on any atom is -0.382 e. The highest BCUT2D eigenvalue weighted by atomic mass is 32.1. The van der Waals surface area contributed by atoms with Gasteiger partial charge in [0.25, 0.3) is 0 Å². The van der Waals surface area contributed by atoms with Crippen LogP contribution in [0, 0.1) is 0 Å². The number of hydrogen-bond acceptors (Lipinski definition) is 5. The zero-order valence-corrected chi connectivity index (χ0v) is 13.4. The van der Waals surface area contributed by atoms with Crippen molar-refractivity contribution in [3.05, 3.63) is 15.6 Å². The summed E-state index contributed by atoms with van der Waals surface area (Å²) in [5.74, 6) is 0. The molecule has 0 saturated heterocycles. The smallest absolute Gasteiger partial charge is 0.0954 e. The first-order valence-corrected chi connectivity index (χ1v) is 8.45. The molecular formula is C15H26N2O2S. The summed E-state index contributed by atoms with van der Waals surface area (Å²) >= 11 is 1.87. The van der Waals surface area contributed by atoms with Crippen LogP contribution in [0.4, 0.5) is 0 Å². The van der Waals surface area contributed by atoms with Crippen LogP contribution in [0.2, 0.25) is 0 Å². The zero-order chi connectivity index (χ0) is 14.2. The van der Waals surface area contributed by atoms with Crippen molar-refractivity contribution >= 4 is 11.3 Å². The Morgan fingerprint density at radius 3 is 3.05 bits per heavy atom. The van der Waals surface area contributed by atoms with E-state index in [0.29, 0.717) is 19.3 Å². The summed E-state index contributed by atoms with van der Waals surface area (Å²) in [6.45, 7) is 5.38. The van der Waals surface area contributed by atoms with E-state index in [1.54, 1.807) is 7.11 Å². The van der Waals surface area contributed by atoms with E-state index in [-0.39, 0.29) is 0 Å². The fraction of sp³-hybridized carbons (Fsp3) is 0.800. The average Bonchev–Trinajstić information content (AvgIpc) is 2.88.